The fourth-order valence-electron chi connectivity index (χ4n) is 3.02. The second-order valence-corrected chi connectivity index (χ2v) is 20.0. The summed E-state index contributed by atoms with van der Waals surface area (Å²) in [5.74, 6) is 0. The van der Waals surface area contributed by atoms with Crippen molar-refractivity contribution >= 4 is 15.4 Å². The summed E-state index contributed by atoms with van der Waals surface area (Å²) in [7, 11) is -2.87. The topological polar surface area (TPSA) is 9.23 Å². The van der Waals surface area contributed by atoms with Crippen molar-refractivity contribution in [3.8, 4) is 0 Å². The predicted octanol–water partition coefficient (Wildman–Crippen LogP) is 4.29. The molecule has 0 spiro atoms. The van der Waals surface area contributed by atoms with Crippen molar-refractivity contribution < 1.29 is 4.43 Å². The van der Waals surface area contributed by atoms with Gasteiger partial charge in [-0.25, -0.2) is 0 Å². The summed E-state index contributed by atoms with van der Waals surface area (Å²) in [5, 5.41) is 0. The summed E-state index contributed by atoms with van der Waals surface area (Å²) in [6.45, 7) is 17.2. The Hall–Kier alpha value is -0.126. The second kappa shape index (κ2) is 4.63. The van der Waals surface area contributed by atoms with Crippen LogP contribution in [0.5, 0.6) is 0 Å². The Morgan fingerprint density at radius 2 is 1.69 bits per heavy atom. The third-order valence-electron chi connectivity index (χ3n) is 4.08. The van der Waals surface area contributed by atoms with Gasteiger partial charge in [0.15, 0.2) is 7.83 Å². The van der Waals surface area contributed by atoms with Gasteiger partial charge in [-0.15, -0.1) is 13.2 Å². The van der Waals surface area contributed by atoms with Crippen LogP contribution in [0, 0.1) is 0 Å². The zero-order valence-electron chi connectivity index (χ0n) is 11.3. The molecule has 1 fully saturated rings. The molecule has 0 bridgehead atoms. The minimum Gasteiger partial charge on any atom is -0.415 e. The highest BCUT2D eigenvalue weighted by molar-refractivity contribution is 7.39. The molecule has 1 saturated heterocycles. The van der Waals surface area contributed by atoms with Crippen molar-refractivity contribution in [2.45, 2.75) is 57.1 Å². The minimum atomic E-state index is -1.55. The molecule has 92 valence electrons. The molecular formula is C13H26OSi2. The lowest BCUT2D eigenvalue weighted by atomic mass is 10.1. The zero-order chi connectivity index (χ0) is 12.4. The number of allylic oxidation sites excluding steroid dienone is 2. The molecule has 0 saturated carbocycles. The summed E-state index contributed by atoms with van der Waals surface area (Å²) in [6, 6.07) is 3.79. The molecule has 0 aliphatic carbocycles. The van der Waals surface area contributed by atoms with E-state index < -0.39 is 15.4 Å². The molecule has 1 nitrogen and oxygen atoms in total. The van der Waals surface area contributed by atoms with Gasteiger partial charge in [0.05, 0.1) is 13.2 Å². The maximum absolute atomic E-state index is 6.49. The molecule has 0 aromatic heterocycles. The maximum atomic E-state index is 6.49. The smallest absolute Gasteiger partial charge is 0.175 e. The van der Waals surface area contributed by atoms with E-state index in [4.69, 9.17) is 4.43 Å². The largest absolute Gasteiger partial charge is 0.415 e. The lowest BCUT2D eigenvalue weighted by molar-refractivity contribution is 0.0930. The van der Waals surface area contributed by atoms with E-state index in [0.717, 1.165) is 0 Å². The van der Waals surface area contributed by atoms with Crippen LogP contribution in [0.1, 0.15) is 20.3 Å². The van der Waals surface area contributed by atoms with E-state index in [0.29, 0.717) is 0 Å². The average molecular weight is 255 g/mol. The van der Waals surface area contributed by atoms with Crippen molar-refractivity contribution in [3.63, 3.8) is 0 Å². The van der Waals surface area contributed by atoms with Crippen LogP contribution >= 0.6 is 0 Å². The maximum Gasteiger partial charge on any atom is 0.175 e. The summed E-state index contributed by atoms with van der Waals surface area (Å²) in [6.07, 6.45) is 5.44. The number of rotatable bonds is 4. The molecule has 1 rings (SSSR count). The van der Waals surface area contributed by atoms with Crippen molar-refractivity contribution in [3.05, 3.63) is 25.3 Å². The van der Waals surface area contributed by atoms with E-state index in [1.165, 1.54) is 24.6 Å². The van der Waals surface area contributed by atoms with Crippen molar-refractivity contribution in [2.75, 3.05) is 0 Å². The lowest BCUT2D eigenvalue weighted by Gasteiger charge is -2.52. The zero-order valence-corrected chi connectivity index (χ0v) is 13.3. The first-order valence-electron chi connectivity index (χ1n) is 6.21. The fraction of sp³-hybridized carbons (Fsp3) is 0.692. The molecule has 3 heteroatoms. The lowest BCUT2D eigenvalue weighted by Crippen LogP contribution is -2.66. The number of hydrogen-bond donors (Lipinski definition) is 0. The molecule has 0 aromatic carbocycles. The Morgan fingerprint density at radius 1 is 1.19 bits per heavy atom. The molecular weight excluding hydrogens is 228 g/mol. The normalized spacial score (nSPS) is 26.0. The summed E-state index contributed by atoms with van der Waals surface area (Å²) in [5.41, 5.74) is 0.0918. The molecule has 0 unspecified atom stereocenters. The van der Waals surface area contributed by atoms with Crippen LogP contribution in [0.3, 0.4) is 0 Å². The highest BCUT2D eigenvalue weighted by Crippen LogP contribution is 2.43. The van der Waals surface area contributed by atoms with Gasteiger partial charge < -0.3 is 4.43 Å². The molecule has 1 heterocycles. The van der Waals surface area contributed by atoms with Crippen LogP contribution in [-0.4, -0.2) is 21.0 Å². The molecule has 0 N–H and O–H groups in total. The van der Waals surface area contributed by atoms with Gasteiger partial charge in [0, 0.05) is 0 Å². The van der Waals surface area contributed by atoms with E-state index in [1.54, 1.807) is 0 Å². The molecule has 0 atom stereocenters. The Morgan fingerprint density at radius 3 is 2.06 bits per heavy atom. The summed E-state index contributed by atoms with van der Waals surface area (Å²) >= 11 is 0. The van der Waals surface area contributed by atoms with E-state index in [1.807, 2.05) is 0 Å². The van der Waals surface area contributed by atoms with Crippen LogP contribution in [-0.2, 0) is 4.43 Å². The van der Waals surface area contributed by atoms with Gasteiger partial charge in [-0.05, 0) is 45.5 Å². The molecule has 0 amide bonds. The van der Waals surface area contributed by atoms with Gasteiger partial charge in [0.2, 0.25) is 0 Å². The van der Waals surface area contributed by atoms with E-state index in [-0.39, 0.29) is 5.60 Å². The first-order valence-corrected chi connectivity index (χ1v) is 12.7. The summed E-state index contributed by atoms with van der Waals surface area (Å²) in [4.78, 5) is 0. The average Bonchev–Trinajstić information content (AvgIpc) is 2.11. The Labute approximate surface area is 103 Å². The SMILES string of the molecule is C=CC[Si]1(CC=C)CCC(C)(C)O[Si]1(C)C. The third kappa shape index (κ3) is 2.58. The van der Waals surface area contributed by atoms with Crippen LogP contribution in [0.25, 0.3) is 0 Å². The van der Waals surface area contributed by atoms with Crippen LogP contribution in [0.2, 0.25) is 31.2 Å². The molecule has 16 heavy (non-hydrogen) atoms. The van der Waals surface area contributed by atoms with E-state index >= 15 is 0 Å². The van der Waals surface area contributed by atoms with Crippen molar-refractivity contribution in [1.82, 2.24) is 0 Å². The summed E-state index contributed by atoms with van der Waals surface area (Å²) < 4.78 is 6.49. The van der Waals surface area contributed by atoms with Crippen LogP contribution in [0.15, 0.2) is 25.3 Å². The quantitative estimate of drug-likeness (QED) is 0.537. The van der Waals surface area contributed by atoms with Gasteiger partial charge in [-0.3, -0.25) is 0 Å². The molecule has 0 radical (unpaired) electrons. The first kappa shape index (κ1) is 13.9. The third-order valence-corrected chi connectivity index (χ3v) is 21.0. The highest BCUT2D eigenvalue weighted by atomic mass is 29.3. The van der Waals surface area contributed by atoms with E-state index in [9.17, 15) is 0 Å². The van der Waals surface area contributed by atoms with Crippen LogP contribution < -0.4 is 0 Å². The molecule has 0 aromatic rings. The predicted molar refractivity (Wildman–Crippen MR) is 77.8 cm³/mol. The van der Waals surface area contributed by atoms with Gasteiger partial charge in [0.25, 0.3) is 0 Å². The Kier molecular flexibility index (Phi) is 4.03. The highest BCUT2D eigenvalue weighted by Gasteiger charge is 2.54. The number of hydrogen-bond acceptors (Lipinski definition) is 1. The van der Waals surface area contributed by atoms with Gasteiger partial charge in [-0.2, -0.15) is 0 Å². The van der Waals surface area contributed by atoms with Gasteiger partial charge >= 0.3 is 0 Å². The minimum absolute atomic E-state index is 0.0918. The van der Waals surface area contributed by atoms with Gasteiger partial charge in [0.1, 0.15) is 0 Å². The van der Waals surface area contributed by atoms with Gasteiger partial charge in [-0.1, -0.05) is 18.2 Å². The first-order chi connectivity index (χ1) is 7.29. The van der Waals surface area contributed by atoms with Crippen molar-refractivity contribution in [1.29, 1.82) is 0 Å². The second-order valence-electron chi connectivity index (χ2n) is 6.14. The monoisotopic (exact) mass is 254 g/mol. The van der Waals surface area contributed by atoms with Crippen LogP contribution in [0.4, 0.5) is 0 Å². The molecule has 1 aliphatic rings. The Balaban J connectivity index is 3.00. The standard InChI is InChI=1S/C13H26OSi2/c1-7-10-16(11-8-2)12-9-13(3,4)14-15(16,5)6/h7-8H,1-2,9-12H2,3-6H3. The Bertz CT molecular complexity index is 272. The van der Waals surface area contributed by atoms with E-state index in [2.05, 4.69) is 52.3 Å². The van der Waals surface area contributed by atoms with Crippen molar-refractivity contribution in [2.24, 2.45) is 0 Å². The molecule has 1 aliphatic heterocycles. The fourth-order valence-corrected chi connectivity index (χ4v) is 16.5.